The minimum Gasteiger partial charge on any atom is -0.494 e. The molecule has 0 aliphatic carbocycles. The topological polar surface area (TPSA) is 112 Å². The van der Waals surface area contributed by atoms with Crippen LogP contribution in [0, 0.1) is 0 Å². The number of nitrogens with zero attached hydrogens (tertiary/aromatic N) is 6. The molecule has 4 aromatic rings. The number of rotatable bonds is 10. The minimum absolute atomic E-state index is 0.290. The Morgan fingerprint density at radius 3 is 2.67 bits per heavy atom. The van der Waals surface area contributed by atoms with Gasteiger partial charge in [0.1, 0.15) is 10.8 Å². The number of benzene rings is 2. The Morgan fingerprint density at radius 1 is 1.17 bits per heavy atom. The first-order valence-corrected chi connectivity index (χ1v) is 13.9. The second-order valence-electron chi connectivity index (χ2n) is 10.2. The number of halogens is 1. The molecule has 0 bridgehead atoms. The molecule has 0 saturated carbocycles. The molecule has 1 aliphatic heterocycles. The molecule has 1 atom stereocenters. The maximum atomic E-state index is 12.4. The van der Waals surface area contributed by atoms with Crippen molar-refractivity contribution >= 4 is 52.0 Å². The normalized spacial score (nSPS) is 14.6. The van der Waals surface area contributed by atoms with Crippen molar-refractivity contribution in [2.24, 2.45) is 7.05 Å². The van der Waals surface area contributed by atoms with E-state index in [4.69, 9.17) is 16.3 Å². The van der Waals surface area contributed by atoms with Gasteiger partial charge in [-0.1, -0.05) is 36.4 Å². The number of likely N-dealkylation sites (N-methyl/N-ethyl adjacent to an activating group) is 1. The Kier molecular flexibility index (Phi) is 8.60. The molecule has 1 amide bonds. The summed E-state index contributed by atoms with van der Waals surface area (Å²) in [7, 11) is 7.63. The van der Waals surface area contributed by atoms with Crippen LogP contribution >= 0.6 is 11.6 Å². The zero-order chi connectivity index (χ0) is 29.8. The molecule has 3 heterocycles. The van der Waals surface area contributed by atoms with Gasteiger partial charge in [0.2, 0.25) is 11.9 Å². The fourth-order valence-electron chi connectivity index (χ4n) is 4.90. The van der Waals surface area contributed by atoms with E-state index >= 15 is 0 Å². The number of amides is 1. The van der Waals surface area contributed by atoms with Crippen molar-refractivity contribution in [3.05, 3.63) is 72.5 Å². The van der Waals surface area contributed by atoms with Gasteiger partial charge in [0.05, 0.1) is 36.1 Å². The van der Waals surface area contributed by atoms with E-state index in [0.29, 0.717) is 34.0 Å². The van der Waals surface area contributed by atoms with Crippen molar-refractivity contribution in [1.82, 2.24) is 24.6 Å². The molecule has 12 heteroatoms. The van der Waals surface area contributed by atoms with Crippen molar-refractivity contribution in [3.8, 4) is 17.0 Å². The molecule has 11 nitrogen and oxygen atoms in total. The molecular formula is C30H34ClN9O2. The number of anilines is 6. The van der Waals surface area contributed by atoms with Gasteiger partial charge in [-0.15, -0.1) is 0 Å². The predicted molar refractivity (Wildman–Crippen MR) is 168 cm³/mol. The van der Waals surface area contributed by atoms with Gasteiger partial charge in [0, 0.05) is 49.7 Å². The second-order valence-corrected chi connectivity index (χ2v) is 10.6. The summed E-state index contributed by atoms with van der Waals surface area (Å²) >= 11 is 6.51. The Morgan fingerprint density at radius 2 is 1.98 bits per heavy atom. The molecule has 0 spiro atoms. The summed E-state index contributed by atoms with van der Waals surface area (Å²) in [6.07, 6.45) is 5.68. The van der Waals surface area contributed by atoms with Gasteiger partial charge in [0.15, 0.2) is 5.82 Å². The largest absolute Gasteiger partial charge is 0.494 e. The van der Waals surface area contributed by atoms with Gasteiger partial charge in [-0.05, 0) is 44.8 Å². The third kappa shape index (κ3) is 6.32. The van der Waals surface area contributed by atoms with Gasteiger partial charge < -0.3 is 30.5 Å². The number of methoxy groups -OCH3 is 1. The molecule has 3 N–H and O–H groups in total. The Bertz CT molecular complexity index is 1600. The van der Waals surface area contributed by atoms with Crippen LogP contribution in [-0.2, 0) is 11.8 Å². The Balaban J connectivity index is 1.46. The summed E-state index contributed by atoms with van der Waals surface area (Å²) in [5.74, 6) is 0.971. The third-order valence-electron chi connectivity index (χ3n) is 7.16. The number of hydrogen-bond donors (Lipinski definition) is 3. The van der Waals surface area contributed by atoms with Crippen LogP contribution in [0.2, 0.25) is 5.02 Å². The van der Waals surface area contributed by atoms with E-state index in [2.05, 4.69) is 61.5 Å². The highest BCUT2D eigenvalue weighted by Crippen LogP contribution is 2.40. The molecule has 1 saturated heterocycles. The molecule has 42 heavy (non-hydrogen) atoms. The maximum absolute atomic E-state index is 12.4. The fraction of sp³-hybridized carbons (Fsp3) is 0.267. The first-order valence-electron chi connectivity index (χ1n) is 13.5. The highest BCUT2D eigenvalue weighted by atomic mass is 35.5. The molecule has 5 rings (SSSR count). The Labute approximate surface area is 250 Å². The lowest BCUT2D eigenvalue weighted by Crippen LogP contribution is -2.31. The monoisotopic (exact) mass is 587 g/mol. The van der Waals surface area contributed by atoms with Crippen molar-refractivity contribution < 1.29 is 9.53 Å². The first kappa shape index (κ1) is 28.9. The number of ether oxygens (including phenoxy) is 1. The minimum atomic E-state index is -0.309. The van der Waals surface area contributed by atoms with Gasteiger partial charge in [-0.3, -0.25) is 9.48 Å². The van der Waals surface area contributed by atoms with Crippen LogP contribution in [0.1, 0.15) is 6.42 Å². The number of carbonyl (C=O) groups excluding carboxylic acids is 1. The van der Waals surface area contributed by atoms with Crippen LogP contribution in [0.15, 0.2) is 67.5 Å². The number of aromatic nitrogens is 4. The number of hydrogen-bond acceptors (Lipinski definition) is 9. The standard InChI is InChI=1S/C30H34ClN9O2/c1-6-28(41)33-24-15-25(27(42-5)16-26(24)40-14-11-19(18-40)38(2)3)35-30-32-17-21(31)29(36-30)34-22-10-8-7-9-20(22)23-12-13-39(4)37-23/h6-10,12-13,15-17,19H,1,11,14,18H2,2-5H3,(H,33,41)(H2,32,34,35,36)/t19-/m0/s1. The van der Waals surface area contributed by atoms with Crippen molar-refractivity contribution in [1.29, 1.82) is 0 Å². The molecule has 218 valence electrons. The lowest BCUT2D eigenvalue weighted by atomic mass is 10.1. The van der Waals surface area contributed by atoms with Gasteiger partial charge >= 0.3 is 0 Å². The van der Waals surface area contributed by atoms with Crippen LogP contribution < -0.4 is 25.6 Å². The zero-order valence-electron chi connectivity index (χ0n) is 24.1. The summed E-state index contributed by atoms with van der Waals surface area (Å²) < 4.78 is 7.51. The zero-order valence-corrected chi connectivity index (χ0v) is 24.8. The molecule has 1 fully saturated rings. The molecule has 0 unspecified atom stereocenters. The molecule has 0 radical (unpaired) electrons. The quantitative estimate of drug-likeness (QED) is 0.213. The van der Waals surface area contributed by atoms with Gasteiger partial charge in [-0.2, -0.15) is 10.1 Å². The smallest absolute Gasteiger partial charge is 0.247 e. The van der Waals surface area contributed by atoms with E-state index in [1.807, 2.05) is 55.7 Å². The SMILES string of the molecule is C=CC(=O)Nc1cc(Nc2ncc(Cl)c(Nc3ccccc3-c3ccn(C)n3)n2)c(OC)cc1N1CC[C@H](N(C)C)C1. The average Bonchev–Trinajstić information content (AvgIpc) is 3.65. The van der Waals surface area contributed by atoms with Gasteiger partial charge in [-0.25, -0.2) is 4.98 Å². The summed E-state index contributed by atoms with van der Waals surface area (Å²) in [5.41, 5.74) is 4.58. The van der Waals surface area contributed by atoms with E-state index in [1.54, 1.807) is 11.8 Å². The second kappa shape index (κ2) is 12.5. The summed E-state index contributed by atoms with van der Waals surface area (Å²) in [6, 6.07) is 13.9. The summed E-state index contributed by atoms with van der Waals surface area (Å²) in [5, 5.41) is 14.4. The first-order chi connectivity index (χ1) is 20.2. The van der Waals surface area contributed by atoms with E-state index in [-0.39, 0.29) is 11.9 Å². The number of para-hydroxylation sites is 1. The van der Waals surface area contributed by atoms with E-state index < -0.39 is 0 Å². The van der Waals surface area contributed by atoms with Gasteiger partial charge in [0.25, 0.3) is 0 Å². The molecule has 2 aromatic carbocycles. The lowest BCUT2D eigenvalue weighted by Gasteiger charge is -2.25. The van der Waals surface area contributed by atoms with Crippen molar-refractivity contribution in [2.45, 2.75) is 12.5 Å². The van der Waals surface area contributed by atoms with Crippen LogP contribution in [0.4, 0.5) is 34.5 Å². The lowest BCUT2D eigenvalue weighted by molar-refractivity contribution is -0.111. The van der Waals surface area contributed by atoms with E-state index in [1.165, 1.54) is 12.3 Å². The summed E-state index contributed by atoms with van der Waals surface area (Å²) in [4.78, 5) is 25.9. The number of nitrogens with one attached hydrogen (secondary N) is 3. The molecule has 2 aromatic heterocycles. The van der Waals surface area contributed by atoms with E-state index in [0.717, 1.165) is 42.1 Å². The number of aryl methyl sites for hydroxylation is 1. The van der Waals surface area contributed by atoms with Crippen LogP contribution in [0.3, 0.4) is 0 Å². The fourth-order valence-corrected chi connectivity index (χ4v) is 5.04. The van der Waals surface area contributed by atoms with Crippen LogP contribution in [0.5, 0.6) is 5.75 Å². The number of carbonyl (C=O) groups is 1. The maximum Gasteiger partial charge on any atom is 0.247 e. The Hall–Kier alpha value is -4.61. The highest BCUT2D eigenvalue weighted by Gasteiger charge is 2.27. The summed E-state index contributed by atoms with van der Waals surface area (Å²) in [6.45, 7) is 5.29. The van der Waals surface area contributed by atoms with Crippen molar-refractivity contribution in [2.75, 3.05) is 55.1 Å². The third-order valence-corrected chi connectivity index (χ3v) is 7.43. The van der Waals surface area contributed by atoms with Crippen LogP contribution in [0.25, 0.3) is 11.3 Å². The highest BCUT2D eigenvalue weighted by molar-refractivity contribution is 6.33. The van der Waals surface area contributed by atoms with Crippen molar-refractivity contribution in [3.63, 3.8) is 0 Å². The molecule has 1 aliphatic rings. The predicted octanol–water partition coefficient (Wildman–Crippen LogP) is 5.29. The van der Waals surface area contributed by atoms with Crippen LogP contribution in [-0.4, -0.2) is 70.9 Å². The molecular weight excluding hydrogens is 554 g/mol. The average molecular weight is 588 g/mol. The van der Waals surface area contributed by atoms with E-state index in [9.17, 15) is 4.79 Å².